The highest BCUT2D eigenvalue weighted by molar-refractivity contribution is 7.92. The maximum atomic E-state index is 12.5. The van der Waals surface area contributed by atoms with Crippen LogP contribution in [0.15, 0.2) is 48.5 Å². The van der Waals surface area contributed by atoms with Crippen LogP contribution in [-0.2, 0) is 16.6 Å². The van der Waals surface area contributed by atoms with Gasteiger partial charge >= 0.3 is 0 Å². The summed E-state index contributed by atoms with van der Waals surface area (Å²) < 4.78 is 26.3. The molecule has 0 aliphatic rings. The first-order chi connectivity index (χ1) is 11.4. The van der Waals surface area contributed by atoms with Gasteiger partial charge in [0.15, 0.2) is 5.78 Å². The van der Waals surface area contributed by atoms with Crippen LogP contribution in [0, 0.1) is 11.3 Å². The second kappa shape index (κ2) is 7.28. The molecule has 2 rings (SSSR count). The van der Waals surface area contributed by atoms with Gasteiger partial charge in [-0.05, 0) is 49.7 Å². The highest BCUT2D eigenvalue weighted by atomic mass is 32.2. The molecule has 0 heterocycles. The van der Waals surface area contributed by atoms with E-state index in [9.17, 15) is 18.5 Å². The van der Waals surface area contributed by atoms with Crippen molar-refractivity contribution in [3.05, 3.63) is 65.2 Å². The van der Waals surface area contributed by atoms with Crippen LogP contribution in [0.5, 0.6) is 0 Å². The van der Waals surface area contributed by atoms with E-state index in [1.807, 2.05) is 0 Å². The summed E-state index contributed by atoms with van der Waals surface area (Å²) in [5, 5.41) is 9.20. The number of anilines is 1. The molecule has 0 fully saturated rings. The first kappa shape index (κ1) is 17.7. The van der Waals surface area contributed by atoms with E-state index in [1.165, 1.54) is 11.2 Å². The molecule has 124 valence electrons. The average molecular weight is 342 g/mol. The topological polar surface area (TPSA) is 78.2 Å². The Balaban J connectivity index is 2.46. The quantitative estimate of drug-likeness (QED) is 0.756. The predicted octanol–water partition coefficient (Wildman–Crippen LogP) is 3.12. The zero-order chi connectivity index (χ0) is 17.7. The molecule has 0 aliphatic carbocycles. The molecule has 0 aromatic heterocycles. The van der Waals surface area contributed by atoms with Crippen molar-refractivity contribution in [1.29, 1.82) is 5.26 Å². The largest absolute Gasteiger partial charge is 0.295 e. The molecule has 0 spiro atoms. The molecule has 5 nitrogen and oxygen atoms in total. The van der Waals surface area contributed by atoms with Gasteiger partial charge in [0.25, 0.3) is 0 Å². The maximum Gasteiger partial charge on any atom is 0.235 e. The third kappa shape index (κ3) is 3.81. The van der Waals surface area contributed by atoms with Crippen molar-refractivity contribution < 1.29 is 13.2 Å². The van der Waals surface area contributed by atoms with Crippen LogP contribution in [0.2, 0.25) is 0 Å². The number of nitriles is 1. The number of sulfonamides is 1. The minimum absolute atomic E-state index is 0.0593. The number of benzene rings is 2. The van der Waals surface area contributed by atoms with Crippen LogP contribution in [0.1, 0.15) is 35.3 Å². The summed E-state index contributed by atoms with van der Waals surface area (Å²) in [6.07, 6.45) is 0. The number of ketones is 1. The number of nitrogens with zero attached hydrogens (tertiary/aromatic N) is 2. The van der Waals surface area contributed by atoms with Crippen LogP contribution < -0.4 is 4.31 Å². The van der Waals surface area contributed by atoms with Gasteiger partial charge < -0.3 is 0 Å². The van der Waals surface area contributed by atoms with Crippen molar-refractivity contribution >= 4 is 21.5 Å². The Hall–Kier alpha value is -2.65. The summed E-state index contributed by atoms with van der Waals surface area (Å²) in [7, 11) is -3.53. The lowest BCUT2D eigenvalue weighted by Crippen LogP contribution is -2.32. The van der Waals surface area contributed by atoms with Crippen LogP contribution >= 0.6 is 0 Å². The minimum atomic E-state index is -3.53. The molecule has 0 atom stereocenters. The molecule has 0 saturated carbocycles. The van der Waals surface area contributed by atoms with Gasteiger partial charge in [-0.3, -0.25) is 9.10 Å². The SMILES string of the molecule is CCS(=O)(=O)N(Cc1ccccc1C#N)c1ccc(C(C)=O)cc1. The fourth-order valence-corrected chi connectivity index (χ4v) is 3.38. The fraction of sp³-hybridized carbons (Fsp3) is 0.222. The fourth-order valence-electron chi connectivity index (χ4n) is 2.29. The number of carbonyl (C=O) groups excluding carboxylic acids is 1. The minimum Gasteiger partial charge on any atom is -0.295 e. The summed E-state index contributed by atoms with van der Waals surface area (Å²) in [4.78, 5) is 11.4. The van der Waals surface area contributed by atoms with Crippen molar-refractivity contribution in [2.24, 2.45) is 0 Å². The standard InChI is InChI=1S/C18H18N2O3S/c1-3-24(22,23)20(13-17-7-5-4-6-16(17)12-19)18-10-8-15(9-11-18)14(2)21/h4-11H,3,13H2,1-2H3. The van der Waals surface area contributed by atoms with Gasteiger partial charge in [0.2, 0.25) is 10.0 Å². The Morgan fingerprint density at radius 1 is 1.12 bits per heavy atom. The Bertz CT molecular complexity index is 881. The summed E-state index contributed by atoms with van der Waals surface area (Å²) in [5.41, 5.74) is 2.06. The van der Waals surface area contributed by atoms with Gasteiger partial charge in [-0.15, -0.1) is 0 Å². The van der Waals surface area contributed by atoms with Gasteiger partial charge in [0.05, 0.1) is 29.6 Å². The molecule has 6 heteroatoms. The van der Waals surface area contributed by atoms with Gasteiger partial charge in [0.1, 0.15) is 0 Å². The molecule has 2 aromatic carbocycles. The van der Waals surface area contributed by atoms with Crippen LogP contribution in [0.25, 0.3) is 0 Å². The van der Waals surface area contributed by atoms with Crippen LogP contribution in [-0.4, -0.2) is 20.0 Å². The van der Waals surface area contributed by atoms with E-state index in [0.29, 0.717) is 22.4 Å². The molecule has 0 unspecified atom stereocenters. The molecule has 24 heavy (non-hydrogen) atoms. The third-order valence-corrected chi connectivity index (χ3v) is 5.46. The molecule has 2 aromatic rings. The number of Topliss-reactive ketones (excluding diaryl/α,β-unsaturated/α-hetero) is 1. The van der Waals surface area contributed by atoms with Crippen LogP contribution in [0.3, 0.4) is 0 Å². The summed E-state index contributed by atoms with van der Waals surface area (Å²) >= 11 is 0. The Labute approximate surface area is 142 Å². The van der Waals surface area contributed by atoms with E-state index in [2.05, 4.69) is 6.07 Å². The lowest BCUT2D eigenvalue weighted by atomic mass is 10.1. The van der Waals surface area contributed by atoms with Crippen molar-refractivity contribution in [3.63, 3.8) is 0 Å². The monoisotopic (exact) mass is 342 g/mol. The molecular formula is C18H18N2O3S. The zero-order valence-corrected chi connectivity index (χ0v) is 14.4. The normalized spacial score (nSPS) is 10.9. The molecular weight excluding hydrogens is 324 g/mol. The number of hydrogen-bond donors (Lipinski definition) is 0. The van der Waals surface area contributed by atoms with E-state index in [4.69, 9.17) is 0 Å². The molecule has 0 saturated heterocycles. The van der Waals surface area contributed by atoms with E-state index < -0.39 is 10.0 Å². The average Bonchev–Trinajstić information content (AvgIpc) is 2.60. The van der Waals surface area contributed by atoms with Gasteiger partial charge in [-0.1, -0.05) is 18.2 Å². The Morgan fingerprint density at radius 2 is 1.75 bits per heavy atom. The van der Waals surface area contributed by atoms with Crippen molar-refractivity contribution in [2.75, 3.05) is 10.1 Å². The van der Waals surface area contributed by atoms with E-state index in [1.54, 1.807) is 55.5 Å². The molecule has 0 bridgehead atoms. The third-order valence-electron chi connectivity index (χ3n) is 3.71. The maximum absolute atomic E-state index is 12.5. The van der Waals surface area contributed by atoms with Gasteiger partial charge in [-0.2, -0.15) is 5.26 Å². The number of hydrogen-bond acceptors (Lipinski definition) is 4. The summed E-state index contributed by atoms with van der Waals surface area (Å²) in [6.45, 7) is 3.10. The number of rotatable bonds is 6. The lowest BCUT2D eigenvalue weighted by molar-refractivity contribution is 0.101. The molecule has 0 N–H and O–H groups in total. The second-order valence-electron chi connectivity index (χ2n) is 5.28. The van der Waals surface area contributed by atoms with Crippen molar-refractivity contribution in [2.45, 2.75) is 20.4 Å². The summed E-state index contributed by atoms with van der Waals surface area (Å²) in [5.74, 6) is -0.141. The van der Waals surface area contributed by atoms with E-state index >= 15 is 0 Å². The first-order valence-corrected chi connectivity index (χ1v) is 9.09. The molecule has 0 aliphatic heterocycles. The molecule has 0 amide bonds. The second-order valence-corrected chi connectivity index (χ2v) is 7.46. The van der Waals surface area contributed by atoms with E-state index in [0.717, 1.165) is 0 Å². The Morgan fingerprint density at radius 3 is 2.29 bits per heavy atom. The first-order valence-electron chi connectivity index (χ1n) is 7.48. The predicted molar refractivity (Wildman–Crippen MR) is 93.2 cm³/mol. The van der Waals surface area contributed by atoms with Gasteiger partial charge in [0, 0.05) is 5.56 Å². The van der Waals surface area contributed by atoms with E-state index in [-0.39, 0.29) is 18.1 Å². The zero-order valence-electron chi connectivity index (χ0n) is 13.6. The Kier molecular flexibility index (Phi) is 5.37. The summed E-state index contributed by atoms with van der Waals surface area (Å²) in [6, 6.07) is 15.4. The lowest BCUT2D eigenvalue weighted by Gasteiger charge is -2.24. The molecule has 0 radical (unpaired) electrons. The smallest absolute Gasteiger partial charge is 0.235 e. The van der Waals surface area contributed by atoms with Crippen LogP contribution in [0.4, 0.5) is 5.69 Å². The highest BCUT2D eigenvalue weighted by Crippen LogP contribution is 2.23. The van der Waals surface area contributed by atoms with Gasteiger partial charge in [-0.25, -0.2) is 8.42 Å². The highest BCUT2D eigenvalue weighted by Gasteiger charge is 2.22. The van der Waals surface area contributed by atoms with Crippen molar-refractivity contribution in [3.8, 4) is 6.07 Å². The number of carbonyl (C=O) groups is 1. The van der Waals surface area contributed by atoms with Crippen molar-refractivity contribution in [1.82, 2.24) is 0 Å².